The summed E-state index contributed by atoms with van der Waals surface area (Å²) in [5.74, 6) is -0.425. The molecule has 2 rings (SSSR count). The van der Waals surface area contributed by atoms with E-state index >= 15 is 0 Å². The molecule has 2 unspecified atom stereocenters. The molecule has 0 aromatic carbocycles. The molecular formula is C14H19FN2O. The second-order valence-electron chi connectivity index (χ2n) is 5.05. The quantitative estimate of drug-likeness (QED) is 0.820. The number of carbonyl (C=O) groups is 1. The summed E-state index contributed by atoms with van der Waals surface area (Å²) in [6.45, 7) is 2.15. The molecule has 0 radical (unpaired) electrons. The summed E-state index contributed by atoms with van der Waals surface area (Å²) in [7, 11) is 0. The molecule has 0 spiro atoms. The maximum Gasteiger partial charge on any atom is 0.254 e. The van der Waals surface area contributed by atoms with Crippen LogP contribution < -0.4 is 5.32 Å². The molecule has 0 saturated heterocycles. The monoisotopic (exact) mass is 250 g/mol. The van der Waals surface area contributed by atoms with Gasteiger partial charge < -0.3 is 5.32 Å². The van der Waals surface area contributed by atoms with Crippen LogP contribution >= 0.6 is 0 Å². The number of carbonyl (C=O) groups excluding carboxylic acids is 1. The Bertz CT molecular complexity index is 422. The number of pyridine rings is 1. The van der Waals surface area contributed by atoms with E-state index in [1.54, 1.807) is 0 Å². The Kier molecular flexibility index (Phi) is 4.28. The molecule has 1 N–H and O–H groups in total. The van der Waals surface area contributed by atoms with E-state index in [4.69, 9.17) is 0 Å². The first kappa shape index (κ1) is 13.0. The van der Waals surface area contributed by atoms with Crippen LogP contribution in [0.1, 0.15) is 49.4 Å². The summed E-state index contributed by atoms with van der Waals surface area (Å²) in [6.07, 6.45) is 8.20. The fourth-order valence-corrected chi connectivity index (χ4v) is 2.51. The van der Waals surface area contributed by atoms with Crippen molar-refractivity contribution in [2.45, 2.75) is 45.1 Å². The number of nitrogens with one attached hydrogen (secondary N) is 1. The summed E-state index contributed by atoms with van der Waals surface area (Å²) < 4.78 is 13.4. The zero-order valence-electron chi connectivity index (χ0n) is 10.7. The summed E-state index contributed by atoms with van der Waals surface area (Å²) in [6, 6.07) is 1.58. The maximum absolute atomic E-state index is 13.4. The van der Waals surface area contributed by atoms with Crippen LogP contribution in [0.3, 0.4) is 0 Å². The molecule has 1 fully saturated rings. The fourth-order valence-electron chi connectivity index (χ4n) is 2.51. The first-order valence-electron chi connectivity index (χ1n) is 6.59. The molecule has 18 heavy (non-hydrogen) atoms. The van der Waals surface area contributed by atoms with Gasteiger partial charge in [0.2, 0.25) is 0 Å². The first-order valence-corrected chi connectivity index (χ1v) is 6.59. The van der Waals surface area contributed by atoms with Gasteiger partial charge in [0.25, 0.3) is 5.91 Å². The van der Waals surface area contributed by atoms with Gasteiger partial charge in [0.05, 0.1) is 11.8 Å². The highest BCUT2D eigenvalue weighted by molar-refractivity contribution is 5.94. The Hall–Kier alpha value is -1.45. The zero-order valence-corrected chi connectivity index (χ0v) is 10.7. The van der Waals surface area contributed by atoms with E-state index in [2.05, 4.69) is 17.2 Å². The highest BCUT2D eigenvalue weighted by Crippen LogP contribution is 2.23. The molecule has 1 aliphatic carbocycles. The number of amides is 1. The van der Waals surface area contributed by atoms with Crippen LogP contribution in [0.4, 0.5) is 4.39 Å². The Morgan fingerprint density at radius 1 is 1.39 bits per heavy atom. The molecule has 1 saturated carbocycles. The van der Waals surface area contributed by atoms with Crippen LogP contribution in [-0.2, 0) is 0 Å². The van der Waals surface area contributed by atoms with Gasteiger partial charge in [-0.1, -0.05) is 26.2 Å². The zero-order chi connectivity index (χ0) is 13.0. The average Bonchev–Trinajstić information content (AvgIpc) is 2.55. The van der Waals surface area contributed by atoms with Crippen molar-refractivity contribution >= 4 is 5.91 Å². The second-order valence-corrected chi connectivity index (χ2v) is 5.05. The molecule has 2 atom stereocenters. The van der Waals surface area contributed by atoms with Crippen molar-refractivity contribution in [3.63, 3.8) is 0 Å². The standard InChI is InChI=1S/C14H19FN2O/c1-10-5-3-2-4-6-13(10)17-14(18)11-7-8-16-9-12(11)15/h7-10,13H,2-6H2,1H3,(H,17,18). The van der Waals surface area contributed by atoms with E-state index < -0.39 is 5.82 Å². The molecule has 98 valence electrons. The molecule has 1 amide bonds. The fraction of sp³-hybridized carbons (Fsp3) is 0.571. The maximum atomic E-state index is 13.4. The van der Waals surface area contributed by atoms with Gasteiger partial charge in [0.15, 0.2) is 5.82 Å². The number of hydrogen-bond donors (Lipinski definition) is 1. The van der Waals surface area contributed by atoms with E-state index in [9.17, 15) is 9.18 Å². The second kappa shape index (κ2) is 5.94. The number of nitrogens with zero attached hydrogens (tertiary/aromatic N) is 1. The van der Waals surface area contributed by atoms with Crippen molar-refractivity contribution in [3.8, 4) is 0 Å². The molecule has 3 nitrogen and oxygen atoms in total. The number of hydrogen-bond acceptors (Lipinski definition) is 2. The lowest BCUT2D eigenvalue weighted by Crippen LogP contribution is -2.39. The van der Waals surface area contributed by atoms with E-state index in [1.165, 1.54) is 25.1 Å². The van der Waals surface area contributed by atoms with Crippen molar-refractivity contribution in [1.29, 1.82) is 0 Å². The van der Waals surface area contributed by atoms with E-state index in [1.807, 2.05) is 0 Å². The van der Waals surface area contributed by atoms with E-state index in [-0.39, 0.29) is 17.5 Å². The summed E-state index contributed by atoms with van der Waals surface area (Å²) >= 11 is 0. The highest BCUT2D eigenvalue weighted by Gasteiger charge is 2.23. The van der Waals surface area contributed by atoms with Crippen LogP contribution in [0.2, 0.25) is 0 Å². The van der Waals surface area contributed by atoms with Crippen molar-refractivity contribution in [2.24, 2.45) is 5.92 Å². The van der Waals surface area contributed by atoms with Crippen molar-refractivity contribution in [3.05, 3.63) is 29.8 Å². The lowest BCUT2D eigenvalue weighted by molar-refractivity contribution is 0.0917. The molecule has 1 heterocycles. The van der Waals surface area contributed by atoms with Crippen LogP contribution in [0.25, 0.3) is 0 Å². The van der Waals surface area contributed by atoms with Crippen molar-refractivity contribution in [1.82, 2.24) is 10.3 Å². The summed E-state index contributed by atoms with van der Waals surface area (Å²) in [4.78, 5) is 15.7. The van der Waals surface area contributed by atoms with Crippen molar-refractivity contribution < 1.29 is 9.18 Å². The highest BCUT2D eigenvalue weighted by atomic mass is 19.1. The smallest absolute Gasteiger partial charge is 0.254 e. The van der Waals surface area contributed by atoms with Crippen molar-refractivity contribution in [2.75, 3.05) is 0 Å². The predicted octanol–water partition coefficient (Wildman–Crippen LogP) is 2.92. The Labute approximate surface area is 107 Å². The minimum Gasteiger partial charge on any atom is -0.349 e. The molecule has 1 aliphatic rings. The largest absolute Gasteiger partial charge is 0.349 e. The van der Waals surface area contributed by atoms with E-state index in [0.717, 1.165) is 25.5 Å². The third kappa shape index (κ3) is 3.06. The molecule has 0 aliphatic heterocycles. The SMILES string of the molecule is CC1CCCCCC1NC(=O)c1ccncc1F. The number of rotatable bonds is 2. The molecule has 1 aromatic heterocycles. The lowest BCUT2D eigenvalue weighted by Gasteiger charge is -2.22. The minimum absolute atomic E-state index is 0.0847. The summed E-state index contributed by atoms with van der Waals surface area (Å²) in [5, 5.41) is 2.96. The van der Waals surface area contributed by atoms with Gasteiger partial charge in [-0.3, -0.25) is 9.78 Å². The third-order valence-corrected chi connectivity index (χ3v) is 3.70. The van der Waals surface area contributed by atoms with Crippen LogP contribution in [0.5, 0.6) is 0 Å². The lowest BCUT2D eigenvalue weighted by atomic mass is 9.96. The van der Waals surface area contributed by atoms with Gasteiger partial charge in [-0.2, -0.15) is 0 Å². The Morgan fingerprint density at radius 3 is 2.94 bits per heavy atom. The predicted molar refractivity (Wildman–Crippen MR) is 67.7 cm³/mol. The van der Waals surface area contributed by atoms with Gasteiger partial charge >= 0.3 is 0 Å². The van der Waals surface area contributed by atoms with Crippen LogP contribution in [-0.4, -0.2) is 16.9 Å². The minimum atomic E-state index is -0.559. The first-order chi connectivity index (χ1) is 8.68. The molecule has 4 heteroatoms. The average molecular weight is 250 g/mol. The van der Waals surface area contributed by atoms with Gasteiger partial charge in [0.1, 0.15) is 0 Å². The molecular weight excluding hydrogens is 231 g/mol. The van der Waals surface area contributed by atoms with Gasteiger partial charge in [-0.25, -0.2) is 4.39 Å². The van der Waals surface area contributed by atoms with Gasteiger partial charge in [0, 0.05) is 12.2 Å². The Balaban J connectivity index is 2.04. The molecule has 1 aromatic rings. The normalized spacial score (nSPS) is 24.3. The third-order valence-electron chi connectivity index (χ3n) is 3.70. The number of aromatic nitrogens is 1. The molecule has 0 bridgehead atoms. The topological polar surface area (TPSA) is 42.0 Å². The number of halogens is 1. The van der Waals surface area contributed by atoms with Gasteiger partial charge in [-0.15, -0.1) is 0 Å². The van der Waals surface area contributed by atoms with E-state index in [0.29, 0.717) is 5.92 Å². The van der Waals surface area contributed by atoms with Gasteiger partial charge in [-0.05, 0) is 24.8 Å². The summed E-state index contributed by atoms with van der Waals surface area (Å²) in [5.41, 5.74) is 0.0847. The van der Waals surface area contributed by atoms with Crippen LogP contribution in [0.15, 0.2) is 18.5 Å². The Morgan fingerprint density at radius 2 is 2.17 bits per heavy atom. The van der Waals surface area contributed by atoms with Crippen LogP contribution in [0, 0.1) is 11.7 Å².